The number of hydrogen-bond donors (Lipinski definition) is 7. The monoisotopic (exact) mass is 1010 g/mol. The number of ether oxygens (including phenoxy) is 1. The van der Waals surface area contributed by atoms with Crippen LogP contribution in [-0.2, 0) is 31.0 Å². The molecular formula is C47H63N3O13S4. The number of unbranched alkanes of at least 4 members (excludes halogenated alkanes) is 14. The Morgan fingerprint density at radius 3 is 1.76 bits per heavy atom. The van der Waals surface area contributed by atoms with Crippen LogP contribution < -0.4 is 10.2 Å². The fourth-order valence-corrected chi connectivity index (χ4v) is 11.7. The molecule has 0 bridgehead atoms. The summed E-state index contributed by atoms with van der Waals surface area (Å²) in [4.78, 5) is 41.3. The molecule has 7 N–H and O–H groups in total. The van der Waals surface area contributed by atoms with E-state index in [9.17, 15) is 47.8 Å². The van der Waals surface area contributed by atoms with Crippen LogP contribution >= 0.6 is 33.3 Å². The Hall–Kier alpha value is -4.63. The molecule has 1 amide bonds. The van der Waals surface area contributed by atoms with Crippen LogP contribution in [0.15, 0.2) is 64.4 Å². The topological polar surface area (TPSA) is 247 Å². The number of thioether (sulfide) groups is 1. The highest BCUT2D eigenvalue weighted by molar-refractivity contribution is 8.76. The zero-order chi connectivity index (χ0) is 48.2. The van der Waals surface area contributed by atoms with E-state index in [1.807, 2.05) is 21.6 Å². The van der Waals surface area contributed by atoms with Crippen molar-refractivity contribution in [2.75, 3.05) is 29.2 Å². The summed E-state index contributed by atoms with van der Waals surface area (Å²) in [7, 11) is -0.594. The van der Waals surface area contributed by atoms with Crippen molar-refractivity contribution in [3.05, 3.63) is 65.7 Å². The van der Waals surface area contributed by atoms with Crippen molar-refractivity contribution in [3.8, 4) is 34.6 Å². The number of hydrogen-bond acceptors (Lipinski definition) is 14. The fraction of sp³-hybridized carbons (Fsp3) is 0.511. The third kappa shape index (κ3) is 17.1. The molecule has 0 saturated carbocycles. The van der Waals surface area contributed by atoms with Crippen LogP contribution in [0, 0.1) is 0 Å². The highest BCUT2D eigenvalue weighted by Crippen LogP contribution is 2.47. The molecule has 5 rings (SSSR count). The summed E-state index contributed by atoms with van der Waals surface area (Å²) >= 11 is 1.47. The van der Waals surface area contributed by atoms with Gasteiger partial charge in [0.05, 0.1) is 9.79 Å². The number of amides is 1. The van der Waals surface area contributed by atoms with Crippen LogP contribution in [-0.4, -0.2) is 89.7 Å². The second kappa shape index (κ2) is 27.4. The SMILES string of the molecule is O=C(O)CCCCCCCCCCSSCCCCCCCCCCSc1cc(O)n(CCC(=O)Nc2ccc3c(c2)C(COC(=O)On2c(O)ccc2O)c2cc(S(=O)(=O)O)ccc2-3)c1O. The van der Waals surface area contributed by atoms with Gasteiger partial charge in [-0.2, -0.15) is 8.42 Å². The molecule has 0 spiro atoms. The highest BCUT2D eigenvalue weighted by Gasteiger charge is 2.32. The third-order valence-corrected chi connectivity index (χ3v) is 16.0. The van der Waals surface area contributed by atoms with Crippen LogP contribution in [0.4, 0.5) is 10.5 Å². The molecule has 1 aliphatic rings. The molecule has 16 nitrogen and oxygen atoms in total. The van der Waals surface area contributed by atoms with Gasteiger partial charge in [-0.1, -0.05) is 111 Å². The van der Waals surface area contributed by atoms with Crippen molar-refractivity contribution in [1.82, 2.24) is 9.30 Å². The molecule has 0 fully saturated rings. The summed E-state index contributed by atoms with van der Waals surface area (Å²) in [5.41, 5.74) is 2.61. The Labute approximate surface area is 404 Å². The standard InChI is InChI=1S/C47H63N3O13S4/c51-41(48-33-18-20-35-36-21-19-34(67(59,60)61)30-38(36)39(37(35)29-33)32-62-47(58)63-50-42(52)22-23-43(50)53)24-25-49-44(54)31-40(46(49)57)64-26-14-10-6-3-4-8-12-16-28-66-65-27-15-11-7-2-1-5-9-13-17-45(55)56/h18-23,29-31,39,52-54,57H,1-17,24-28,32H2,(H,48,51)(H,55,56)(H,59,60,61). The van der Waals surface area contributed by atoms with Gasteiger partial charge in [-0.15, -0.1) is 16.5 Å². The summed E-state index contributed by atoms with van der Waals surface area (Å²) in [5, 5.41) is 52.6. The molecule has 20 heteroatoms. The molecule has 67 heavy (non-hydrogen) atoms. The minimum atomic E-state index is -4.58. The Kier molecular flexibility index (Phi) is 21.8. The van der Waals surface area contributed by atoms with E-state index in [4.69, 9.17) is 14.7 Å². The smallest absolute Gasteiger partial charge is 0.494 e. The van der Waals surface area contributed by atoms with Gasteiger partial charge in [0.1, 0.15) is 6.61 Å². The summed E-state index contributed by atoms with van der Waals surface area (Å²) in [6.45, 7) is -0.380. The minimum Gasteiger partial charge on any atom is -0.494 e. The van der Waals surface area contributed by atoms with Crippen LogP contribution in [0.1, 0.15) is 133 Å². The summed E-state index contributed by atoms with van der Waals surface area (Å²) < 4.78 is 40.8. The van der Waals surface area contributed by atoms with Gasteiger partial charge in [0.15, 0.2) is 5.88 Å². The van der Waals surface area contributed by atoms with Gasteiger partial charge in [0.25, 0.3) is 10.1 Å². The van der Waals surface area contributed by atoms with Gasteiger partial charge in [0.2, 0.25) is 23.5 Å². The number of carboxylic acids is 1. The van der Waals surface area contributed by atoms with E-state index in [-0.39, 0.29) is 36.2 Å². The van der Waals surface area contributed by atoms with Gasteiger partial charge in [-0.05, 0) is 78.0 Å². The van der Waals surface area contributed by atoms with Crippen molar-refractivity contribution in [2.24, 2.45) is 0 Å². The fourth-order valence-electron chi connectivity index (χ4n) is 7.89. The number of anilines is 1. The number of fused-ring (bicyclic) bond motifs is 3. The first-order valence-electron chi connectivity index (χ1n) is 22.9. The highest BCUT2D eigenvalue weighted by atomic mass is 33.1. The van der Waals surface area contributed by atoms with Crippen molar-refractivity contribution >= 4 is 67.2 Å². The molecule has 0 aliphatic heterocycles. The number of aromatic nitrogens is 2. The lowest BCUT2D eigenvalue weighted by atomic mass is 9.97. The average Bonchev–Trinajstić information content (AvgIpc) is 3.88. The van der Waals surface area contributed by atoms with Crippen LogP contribution in [0.25, 0.3) is 11.1 Å². The number of aromatic hydroxyl groups is 4. The molecular weight excluding hydrogens is 943 g/mol. The Balaban J connectivity index is 0.958. The predicted octanol–water partition coefficient (Wildman–Crippen LogP) is 11.0. The maximum absolute atomic E-state index is 13.2. The van der Waals surface area contributed by atoms with Gasteiger partial charge in [0, 0.05) is 60.7 Å². The molecule has 1 unspecified atom stereocenters. The number of aliphatic carboxylic acids is 1. The lowest BCUT2D eigenvalue weighted by Crippen LogP contribution is -2.22. The average molecular weight is 1010 g/mol. The quantitative estimate of drug-likeness (QED) is 0.00790. The maximum Gasteiger partial charge on any atom is 0.534 e. The molecule has 0 radical (unpaired) electrons. The van der Waals surface area contributed by atoms with Crippen molar-refractivity contribution in [1.29, 1.82) is 0 Å². The largest absolute Gasteiger partial charge is 0.534 e. The molecule has 368 valence electrons. The van der Waals surface area contributed by atoms with E-state index in [2.05, 4.69) is 5.32 Å². The Morgan fingerprint density at radius 1 is 0.642 bits per heavy atom. The van der Waals surface area contributed by atoms with Gasteiger partial charge >= 0.3 is 12.1 Å². The molecule has 2 aromatic carbocycles. The molecule has 0 saturated heterocycles. The second-order valence-corrected chi connectivity index (χ2v) is 21.8. The molecule has 4 aromatic rings. The normalized spacial score (nSPS) is 13.1. The maximum atomic E-state index is 13.2. The van der Waals surface area contributed by atoms with Crippen molar-refractivity contribution in [2.45, 2.75) is 138 Å². The number of nitrogens with one attached hydrogen (secondary N) is 1. The predicted molar refractivity (Wildman–Crippen MR) is 262 cm³/mol. The van der Waals surface area contributed by atoms with E-state index >= 15 is 0 Å². The van der Waals surface area contributed by atoms with Gasteiger partial charge in [-0.3, -0.25) is 23.5 Å². The summed E-state index contributed by atoms with van der Waals surface area (Å²) in [6, 6.07) is 12.7. The van der Waals surface area contributed by atoms with Crippen LogP contribution in [0.3, 0.4) is 0 Å². The van der Waals surface area contributed by atoms with Gasteiger partial charge < -0.3 is 35.6 Å². The number of carbonyl (C=O) groups is 3. The first-order chi connectivity index (χ1) is 32.2. The van der Waals surface area contributed by atoms with Crippen LogP contribution in [0.2, 0.25) is 0 Å². The number of benzene rings is 2. The van der Waals surface area contributed by atoms with Gasteiger partial charge in [-0.25, -0.2) is 4.79 Å². The van der Waals surface area contributed by atoms with E-state index in [1.165, 1.54) is 116 Å². The van der Waals surface area contributed by atoms with E-state index in [1.54, 1.807) is 18.2 Å². The Bertz CT molecular complexity index is 2330. The molecule has 2 aromatic heterocycles. The first kappa shape index (κ1) is 53.3. The summed E-state index contributed by atoms with van der Waals surface area (Å²) in [5.74, 6) is -0.0644. The number of rotatable bonds is 32. The van der Waals surface area contributed by atoms with Crippen LogP contribution in [0.5, 0.6) is 23.5 Å². The van der Waals surface area contributed by atoms with E-state index < -0.39 is 45.8 Å². The number of carboxylic acid groups (broad SMARTS) is 1. The second-order valence-electron chi connectivity index (χ2n) is 16.5. The van der Waals surface area contributed by atoms with Crippen molar-refractivity contribution in [3.63, 3.8) is 0 Å². The zero-order valence-electron chi connectivity index (χ0n) is 37.6. The summed E-state index contributed by atoms with van der Waals surface area (Å²) in [6.07, 6.45) is 17.6. The number of carbonyl (C=O) groups excluding carboxylic acids is 2. The van der Waals surface area contributed by atoms with Crippen molar-refractivity contribution < 1.29 is 62.5 Å². The first-order valence-corrected chi connectivity index (χ1v) is 27.8. The lowest BCUT2D eigenvalue weighted by Gasteiger charge is -2.16. The molecule has 1 atom stereocenters. The van der Waals surface area contributed by atoms with E-state index in [0.29, 0.717) is 44.0 Å². The lowest BCUT2D eigenvalue weighted by molar-refractivity contribution is -0.137. The third-order valence-electron chi connectivity index (χ3n) is 11.4. The Morgan fingerprint density at radius 2 is 1.18 bits per heavy atom. The van der Waals surface area contributed by atoms with E-state index in [0.717, 1.165) is 56.4 Å². The molecule has 2 heterocycles. The zero-order valence-corrected chi connectivity index (χ0v) is 40.9. The minimum absolute atomic E-state index is 0.00323. The number of nitrogens with zero attached hydrogens (tertiary/aromatic N) is 2. The molecule has 1 aliphatic carbocycles.